The molecule has 1 heterocycles. The van der Waals surface area contributed by atoms with Crippen LogP contribution >= 0.6 is 0 Å². The summed E-state index contributed by atoms with van der Waals surface area (Å²) in [4.78, 5) is 2.11. The van der Waals surface area contributed by atoms with E-state index >= 15 is 0 Å². The molecule has 1 aliphatic rings. The average Bonchev–Trinajstić information content (AvgIpc) is 2.47. The van der Waals surface area contributed by atoms with Crippen LogP contribution in [0, 0.1) is 5.92 Å². The van der Waals surface area contributed by atoms with Crippen LogP contribution in [-0.2, 0) is 4.74 Å². The second-order valence-corrected chi connectivity index (χ2v) is 5.61. The van der Waals surface area contributed by atoms with Gasteiger partial charge in [0.15, 0.2) is 0 Å². The van der Waals surface area contributed by atoms with Crippen LogP contribution in [0.3, 0.4) is 0 Å². The molecule has 0 aliphatic carbocycles. The van der Waals surface area contributed by atoms with E-state index in [4.69, 9.17) is 9.47 Å². The van der Waals surface area contributed by atoms with Gasteiger partial charge in [-0.2, -0.15) is 0 Å². The molecule has 112 valence electrons. The monoisotopic (exact) mass is 278 g/mol. The quantitative estimate of drug-likeness (QED) is 0.831. The minimum atomic E-state index is 0.724. The lowest BCUT2D eigenvalue weighted by Gasteiger charge is -2.22. The normalized spacial score (nSPS) is 16.4. The highest BCUT2D eigenvalue weighted by molar-refractivity contribution is 5.46. The summed E-state index contributed by atoms with van der Waals surface area (Å²) in [5.41, 5.74) is 1.16. The van der Waals surface area contributed by atoms with Crippen LogP contribution in [0.5, 0.6) is 5.75 Å². The van der Waals surface area contributed by atoms with Crippen LogP contribution in [0.4, 0.5) is 5.69 Å². The lowest BCUT2D eigenvalue weighted by atomic mass is 10.0. The fourth-order valence-corrected chi connectivity index (χ4v) is 2.23. The van der Waals surface area contributed by atoms with Crippen molar-refractivity contribution in [2.24, 2.45) is 5.92 Å². The Morgan fingerprint density at radius 2 is 1.90 bits per heavy atom. The standard InChI is InChI=1S/C16H26N2O2/c1-18(2)9-12-20-16-5-3-15(4-6-16)17-13-14-7-10-19-11-8-14/h3-6,14,17H,7-13H2,1-2H3. The van der Waals surface area contributed by atoms with Crippen LogP contribution < -0.4 is 10.1 Å². The molecule has 0 spiro atoms. The van der Waals surface area contributed by atoms with Crippen LogP contribution in [-0.4, -0.2) is 51.9 Å². The molecule has 20 heavy (non-hydrogen) atoms. The number of ether oxygens (including phenoxy) is 2. The number of hydrogen-bond donors (Lipinski definition) is 1. The number of likely N-dealkylation sites (N-methyl/N-ethyl adjacent to an activating group) is 1. The number of anilines is 1. The van der Waals surface area contributed by atoms with Gasteiger partial charge in [0, 0.05) is 32.0 Å². The fraction of sp³-hybridized carbons (Fsp3) is 0.625. The van der Waals surface area contributed by atoms with E-state index in [9.17, 15) is 0 Å². The summed E-state index contributed by atoms with van der Waals surface area (Å²) in [6.45, 7) is 4.51. The van der Waals surface area contributed by atoms with Crippen LogP contribution in [0.2, 0.25) is 0 Å². The second kappa shape index (κ2) is 8.12. The summed E-state index contributed by atoms with van der Waals surface area (Å²) in [5.74, 6) is 1.67. The zero-order valence-electron chi connectivity index (χ0n) is 12.6. The molecule has 0 atom stereocenters. The summed E-state index contributed by atoms with van der Waals surface area (Å²) < 4.78 is 11.1. The van der Waals surface area contributed by atoms with Crippen molar-refractivity contribution in [2.45, 2.75) is 12.8 Å². The topological polar surface area (TPSA) is 33.7 Å². The molecule has 0 bridgehead atoms. The molecule has 1 aromatic carbocycles. The first-order valence-electron chi connectivity index (χ1n) is 7.43. The van der Waals surface area contributed by atoms with E-state index in [1.165, 1.54) is 12.8 Å². The minimum absolute atomic E-state index is 0.724. The summed E-state index contributed by atoms with van der Waals surface area (Å²) in [6.07, 6.45) is 2.33. The maximum atomic E-state index is 5.68. The summed E-state index contributed by atoms with van der Waals surface area (Å²) >= 11 is 0. The van der Waals surface area contributed by atoms with Crippen molar-refractivity contribution < 1.29 is 9.47 Å². The minimum Gasteiger partial charge on any atom is -0.492 e. The predicted octanol–water partition coefficient (Wildman–Crippen LogP) is 2.47. The lowest BCUT2D eigenvalue weighted by Crippen LogP contribution is -2.22. The van der Waals surface area contributed by atoms with Gasteiger partial charge in [0.2, 0.25) is 0 Å². The molecule has 1 aromatic rings. The Kier molecular flexibility index (Phi) is 6.15. The van der Waals surface area contributed by atoms with E-state index in [0.29, 0.717) is 0 Å². The first-order valence-corrected chi connectivity index (χ1v) is 7.43. The van der Waals surface area contributed by atoms with Crippen molar-refractivity contribution in [3.63, 3.8) is 0 Å². The molecule has 4 heteroatoms. The molecule has 0 aromatic heterocycles. The van der Waals surface area contributed by atoms with Gasteiger partial charge < -0.3 is 19.7 Å². The van der Waals surface area contributed by atoms with Gasteiger partial charge in [-0.15, -0.1) is 0 Å². The van der Waals surface area contributed by atoms with Gasteiger partial charge in [0.1, 0.15) is 12.4 Å². The first kappa shape index (κ1) is 15.1. The van der Waals surface area contributed by atoms with Crippen LogP contribution in [0.1, 0.15) is 12.8 Å². The molecule has 1 saturated heterocycles. The van der Waals surface area contributed by atoms with Crippen molar-refractivity contribution in [1.29, 1.82) is 0 Å². The zero-order valence-corrected chi connectivity index (χ0v) is 12.6. The molecule has 2 rings (SSSR count). The molecule has 1 fully saturated rings. The molecule has 0 saturated carbocycles. The van der Waals surface area contributed by atoms with Gasteiger partial charge in [0.05, 0.1) is 0 Å². The van der Waals surface area contributed by atoms with E-state index in [0.717, 1.165) is 50.3 Å². The van der Waals surface area contributed by atoms with Gasteiger partial charge in [0.25, 0.3) is 0 Å². The number of nitrogens with zero attached hydrogens (tertiary/aromatic N) is 1. The fourth-order valence-electron chi connectivity index (χ4n) is 2.23. The van der Waals surface area contributed by atoms with Gasteiger partial charge in [-0.05, 0) is 57.1 Å². The Morgan fingerprint density at radius 1 is 1.20 bits per heavy atom. The molecule has 4 nitrogen and oxygen atoms in total. The zero-order chi connectivity index (χ0) is 14.2. The highest BCUT2D eigenvalue weighted by Crippen LogP contribution is 2.18. The second-order valence-electron chi connectivity index (χ2n) is 5.61. The van der Waals surface area contributed by atoms with E-state index in [2.05, 4.69) is 22.3 Å². The third-order valence-corrected chi connectivity index (χ3v) is 3.60. The number of benzene rings is 1. The van der Waals surface area contributed by atoms with Crippen LogP contribution in [0.25, 0.3) is 0 Å². The Morgan fingerprint density at radius 3 is 2.55 bits per heavy atom. The molecular weight excluding hydrogens is 252 g/mol. The number of hydrogen-bond acceptors (Lipinski definition) is 4. The highest BCUT2D eigenvalue weighted by Gasteiger charge is 2.13. The molecule has 0 radical (unpaired) electrons. The maximum absolute atomic E-state index is 5.68. The Labute approximate surface area is 122 Å². The van der Waals surface area contributed by atoms with Crippen molar-refractivity contribution in [1.82, 2.24) is 4.90 Å². The molecular formula is C16H26N2O2. The molecule has 0 unspecified atom stereocenters. The van der Waals surface area contributed by atoms with Crippen molar-refractivity contribution in [3.05, 3.63) is 24.3 Å². The maximum Gasteiger partial charge on any atom is 0.119 e. The van der Waals surface area contributed by atoms with E-state index in [-0.39, 0.29) is 0 Å². The molecule has 1 N–H and O–H groups in total. The summed E-state index contributed by atoms with van der Waals surface area (Å²) in [7, 11) is 4.10. The van der Waals surface area contributed by atoms with E-state index in [1.54, 1.807) is 0 Å². The van der Waals surface area contributed by atoms with Crippen LogP contribution in [0.15, 0.2) is 24.3 Å². The van der Waals surface area contributed by atoms with Crippen molar-refractivity contribution >= 4 is 5.69 Å². The lowest BCUT2D eigenvalue weighted by molar-refractivity contribution is 0.0699. The molecule has 0 amide bonds. The Bertz CT molecular complexity index is 373. The van der Waals surface area contributed by atoms with Gasteiger partial charge in [-0.1, -0.05) is 0 Å². The van der Waals surface area contributed by atoms with Crippen molar-refractivity contribution in [2.75, 3.05) is 52.3 Å². The summed E-state index contributed by atoms with van der Waals surface area (Å²) in [6, 6.07) is 8.23. The van der Waals surface area contributed by atoms with E-state index in [1.807, 2.05) is 26.2 Å². The summed E-state index contributed by atoms with van der Waals surface area (Å²) in [5, 5.41) is 3.50. The average molecular weight is 278 g/mol. The Balaban J connectivity index is 1.70. The third kappa shape index (κ3) is 5.39. The van der Waals surface area contributed by atoms with Gasteiger partial charge in [-0.25, -0.2) is 0 Å². The number of nitrogens with one attached hydrogen (secondary N) is 1. The number of rotatable bonds is 7. The highest BCUT2D eigenvalue weighted by atomic mass is 16.5. The largest absolute Gasteiger partial charge is 0.492 e. The first-order chi connectivity index (χ1) is 9.74. The third-order valence-electron chi connectivity index (χ3n) is 3.60. The predicted molar refractivity (Wildman–Crippen MR) is 82.5 cm³/mol. The van der Waals surface area contributed by atoms with Gasteiger partial charge in [-0.3, -0.25) is 0 Å². The smallest absolute Gasteiger partial charge is 0.119 e. The van der Waals surface area contributed by atoms with Crippen molar-refractivity contribution in [3.8, 4) is 5.75 Å². The van der Waals surface area contributed by atoms with Gasteiger partial charge >= 0.3 is 0 Å². The van der Waals surface area contributed by atoms with E-state index < -0.39 is 0 Å². The SMILES string of the molecule is CN(C)CCOc1ccc(NCC2CCOCC2)cc1. The molecule has 1 aliphatic heterocycles. The Hall–Kier alpha value is -1.26.